The van der Waals surface area contributed by atoms with Gasteiger partial charge >= 0.3 is 12.0 Å². The topological polar surface area (TPSA) is 82.5 Å². The largest absolute Gasteiger partial charge is 0.480 e. The number of nitrogens with one attached hydrogen (secondary N) is 1. The number of halogens is 1. The number of aliphatic carboxylic acids is 1. The van der Waals surface area contributed by atoms with E-state index >= 15 is 0 Å². The molecule has 2 N–H and O–H groups in total. The first-order valence-electron chi connectivity index (χ1n) is 5.71. The van der Waals surface area contributed by atoms with E-state index in [0.29, 0.717) is 10.2 Å². The molecule has 20 heavy (non-hydrogen) atoms. The van der Waals surface area contributed by atoms with Crippen molar-refractivity contribution in [2.75, 3.05) is 12.4 Å². The van der Waals surface area contributed by atoms with Gasteiger partial charge in [0.2, 0.25) is 0 Å². The lowest BCUT2D eigenvalue weighted by atomic mass is 10.3. The van der Waals surface area contributed by atoms with Crippen LogP contribution >= 0.6 is 22.9 Å². The number of thiazole rings is 1. The van der Waals surface area contributed by atoms with Gasteiger partial charge in [0, 0.05) is 12.1 Å². The Morgan fingerprint density at radius 2 is 2.20 bits per heavy atom. The zero-order chi connectivity index (χ0) is 14.9. The maximum absolute atomic E-state index is 11.9. The Balaban J connectivity index is 2.15. The molecule has 0 fully saturated rings. The monoisotopic (exact) mass is 313 g/mol. The van der Waals surface area contributed by atoms with Crippen LogP contribution in [0.2, 0.25) is 5.02 Å². The van der Waals surface area contributed by atoms with Gasteiger partial charge in [-0.25, -0.2) is 14.6 Å². The zero-order valence-electron chi connectivity index (χ0n) is 10.8. The number of carbonyl (C=O) groups is 2. The summed E-state index contributed by atoms with van der Waals surface area (Å²) in [5.74, 6) is -1.07. The van der Waals surface area contributed by atoms with Crippen molar-refractivity contribution in [2.45, 2.75) is 13.0 Å². The molecule has 1 unspecified atom stereocenters. The Morgan fingerprint density at radius 1 is 1.50 bits per heavy atom. The lowest BCUT2D eigenvalue weighted by molar-refractivity contribution is -0.141. The number of fused-ring (bicyclic) bond motifs is 1. The number of anilines is 1. The minimum absolute atomic E-state index is 0.400. The van der Waals surface area contributed by atoms with Crippen LogP contribution in [0.25, 0.3) is 10.2 Å². The summed E-state index contributed by atoms with van der Waals surface area (Å²) in [6.07, 6.45) is 0. The number of carbonyl (C=O) groups excluding carboxylic acids is 1. The molecule has 106 valence electrons. The fraction of sp³-hybridized carbons (Fsp3) is 0.250. The molecule has 0 bridgehead atoms. The lowest BCUT2D eigenvalue weighted by Gasteiger charge is -2.20. The fourth-order valence-corrected chi connectivity index (χ4v) is 2.60. The third-order valence-corrected chi connectivity index (χ3v) is 3.99. The number of benzene rings is 1. The quantitative estimate of drug-likeness (QED) is 0.912. The van der Waals surface area contributed by atoms with Crippen LogP contribution in [0.4, 0.5) is 9.93 Å². The van der Waals surface area contributed by atoms with Crippen LogP contribution in [-0.4, -0.2) is 40.1 Å². The van der Waals surface area contributed by atoms with E-state index in [1.807, 2.05) is 0 Å². The van der Waals surface area contributed by atoms with Gasteiger partial charge in [-0.1, -0.05) is 22.9 Å². The molecule has 2 amide bonds. The molecule has 1 heterocycles. The molecule has 1 atom stereocenters. The number of hydrogen-bond donors (Lipinski definition) is 2. The standard InChI is InChI=1S/C12H12ClN3O3S/c1-6(10(17)18)16(2)12(19)15-11-14-8-4-3-7(13)5-9(8)20-11/h3-6H,1-2H3,(H,17,18)(H,14,15,19). The van der Waals surface area contributed by atoms with Crippen LogP contribution in [0.1, 0.15) is 6.92 Å². The van der Waals surface area contributed by atoms with E-state index < -0.39 is 18.0 Å². The average molecular weight is 314 g/mol. The van der Waals surface area contributed by atoms with Gasteiger partial charge in [-0.3, -0.25) is 5.32 Å². The Morgan fingerprint density at radius 3 is 2.85 bits per heavy atom. The molecule has 1 aromatic carbocycles. The minimum Gasteiger partial charge on any atom is -0.480 e. The van der Waals surface area contributed by atoms with Crippen molar-refractivity contribution in [3.05, 3.63) is 23.2 Å². The van der Waals surface area contributed by atoms with Gasteiger partial charge < -0.3 is 10.0 Å². The summed E-state index contributed by atoms with van der Waals surface area (Å²) in [5.41, 5.74) is 0.726. The second kappa shape index (κ2) is 5.64. The number of carboxylic acid groups (broad SMARTS) is 1. The number of carboxylic acids is 1. The molecule has 0 radical (unpaired) electrons. The molecular formula is C12H12ClN3O3S. The molecule has 0 aliphatic carbocycles. The molecule has 2 aromatic rings. The fourth-order valence-electron chi connectivity index (χ4n) is 1.47. The summed E-state index contributed by atoms with van der Waals surface area (Å²) in [7, 11) is 1.41. The van der Waals surface area contributed by atoms with Crippen LogP contribution in [0.5, 0.6) is 0 Å². The summed E-state index contributed by atoms with van der Waals surface area (Å²) >= 11 is 7.15. The van der Waals surface area contributed by atoms with Crippen molar-refractivity contribution in [2.24, 2.45) is 0 Å². The molecule has 0 saturated carbocycles. The molecule has 0 saturated heterocycles. The van der Waals surface area contributed by atoms with E-state index in [9.17, 15) is 9.59 Å². The van der Waals surface area contributed by atoms with Gasteiger partial charge in [0.1, 0.15) is 6.04 Å². The second-order valence-electron chi connectivity index (χ2n) is 4.19. The number of likely N-dealkylation sites (N-methyl/N-ethyl adjacent to an activating group) is 1. The maximum Gasteiger partial charge on any atom is 0.326 e. The van der Waals surface area contributed by atoms with Gasteiger partial charge in [0.25, 0.3) is 0 Å². The smallest absolute Gasteiger partial charge is 0.326 e. The molecule has 0 spiro atoms. The van der Waals surface area contributed by atoms with Crippen molar-refractivity contribution in [1.82, 2.24) is 9.88 Å². The first kappa shape index (κ1) is 14.5. The van der Waals surface area contributed by atoms with E-state index in [2.05, 4.69) is 10.3 Å². The molecule has 6 nitrogen and oxygen atoms in total. The molecule has 1 aromatic heterocycles. The summed E-state index contributed by atoms with van der Waals surface area (Å²) in [5, 5.41) is 12.4. The third-order valence-electron chi connectivity index (χ3n) is 2.82. The predicted octanol–water partition coefficient (Wildman–Crippen LogP) is 2.89. The number of hydrogen-bond acceptors (Lipinski definition) is 4. The molecule has 0 aliphatic rings. The summed E-state index contributed by atoms with van der Waals surface area (Å²) < 4.78 is 0.849. The SMILES string of the molecule is CC(C(=O)O)N(C)C(=O)Nc1nc2ccc(Cl)cc2s1. The molecule has 2 rings (SSSR count). The van der Waals surface area contributed by atoms with E-state index in [-0.39, 0.29) is 0 Å². The van der Waals surface area contributed by atoms with Crippen LogP contribution in [0, 0.1) is 0 Å². The van der Waals surface area contributed by atoms with Crippen LogP contribution in [0.15, 0.2) is 18.2 Å². The van der Waals surface area contributed by atoms with Gasteiger partial charge in [-0.05, 0) is 25.1 Å². The van der Waals surface area contributed by atoms with Gasteiger partial charge in [0.05, 0.1) is 10.2 Å². The third kappa shape index (κ3) is 3.00. The molecule has 0 aliphatic heterocycles. The number of urea groups is 1. The molecular weight excluding hydrogens is 302 g/mol. The maximum atomic E-state index is 11.9. The normalized spacial score (nSPS) is 12.2. The Bertz CT molecular complexity index is 673. The van der Waals surface area contributed by atoms with Gasteiger partial charge in [-0.15, -0.1) is 0 Å². The van der Waals surface area contributed by atoms with Crippen LogP contribution < -0.4 is 5.32 Å². The summed E-state index contributed by atoms with van der Waals surface area (Å²) in [4.78, 5) is 28.1. The zero-order valence-corrected chi connectivity index (χ0v) is 12.3. The van der Waals surface area contributed by atoms with Crippen LogP contribution in [-0.2, 0) is 4.79 Å². The first-order valence-corrected chi connectivity index (χ1v) is 6.90. The average Bonchev–Trinajstić information content (AvgIpc) is 2.77. The highest BCUT2D eigenvalue weighted by Gasteiger charge is 2.22. The number of rotatable bonds is 3. The summed E-state index contributed by atoms with van der Waals surface area (Å²) in [6.45, 7) is 1.43. The minimum atomic E-state index is -1.07. The Kier molecular flexibility index (Phi) is 4.10. The van der Waals surface area contributed by atoms with E-state index in [1.165, 1.54) is 25.3 Å². The number of amides is 2. The van der Waals surface area contributed by atoms with E-state index in [0.717, 1.165) is 15.1 Å². The highest BCUT2D eigenvalue weighted by molar-refractivity contribution is 7.22. The van der Waals surface area contributed by atoms with E-state index in [1.54, 1.807) is 18.2 Å². The van der Waals surface area contributed by atoms with Crippen LogP contribution in [0.3, 0.4) is 0 Å². The van der Waals surface area contributed by atoms with Crippen molar-refractivity contribution < 1.29 is 14.7 Å². The van der Waals surface area contributed by atoms with Crippen molar-refractivity contribution >= 4 is 50.3 Å². The highest BCUT2D eigenvalue weighted by Crippen LogP contribution is 2.28. The van der Waals surface area contributed by atoms with Gasteiger partial charge in [-0.2, -0.15) is 0 Å². The van der Waals surface area contributed by atoms with Crippen molar-refractivity contribution in [3.8, 4) is 0 Å². The lowest BCUT2D eigenvalue weighted by Crippen LogP contribution is -2.42. The highest BCUT2D eigenvalue weighted by atomic mass is 35.5. The molecule has 8 heteroatoms. The Hall–Kier alpha value is -1.86. The van der Waals surface area contributed by atoms with Crippen molar-refractivity contribution in [3.63, 3.8) is 0 Å². The van der Waals surface area contributed by atoms with Crippen molar-refractivity contribution in [1.29, 1.82) is 0 Å². The number of aromatic nitrogens is 1. The Labute approximate surface area is 124 Å². The first-order chi connectivity index (χ1) is 9.38. The van der Waals surface area contributed by atoms with Gasteiger partial charge in [0.15, 0.2) is 5.13 Å². The summed E-state index contributed by atoms with van der Waals surface area (Å²) in [6, 6.07) is 3.79. The number of nitrogens with zero attached hydrogens (tertiary/aromatic N) is 2. The predicted molar refractivity (Wildman–Crippen MR) is 78.5 cm³/mol. The van der Waals surface area contributed by atoms with E-state index in [4.69, 9.17) is 16.7 Å². The second-order valence-corrected chi connectivity index (χ2v) is 5.65.